The average molecular weight is 209 g/mol. The van der Waals surface area contributed by atoms with Gasteiger partial charge in [0.2, 0.25) is 0 Å². The Balaban J connectivity index is 1.96. The van der Waals surface area contributed by atoms with E-state index in [4.69, 9.17) is 0 Å². The van der Waals surface area contributed by atoms with E-state index in [2.05, 4.69) is 35.9 Å². The van der Waals surface area contributed by atoms with Crippen molar-refractivity contribution in [3.05, 3.63) is 28.2 Å². The van der Waals surface area contributed by atoms with Crippen molar-refractivity contribution in [1.82, 2.24) is 35.9 Å². The molecule has 0 unspecified atom stereocenters. The number of nitrogens with zero attached hydrogens (tertiary/aromatic N) is 3. The second kappa shape index (κ2) is 3.74. The van der Waals surface area contributed by atoms with Crippen molar-refractivity contribution in [3.63, 3.8) is 0 Å². The number of rotatable bonds is 3. The maximum absolute atomic E-state index is 11.4. The zero-order valence-electron chi connectivity index (χ0n) is 7.44. The fraction of sp³-hybridized carbons (Fsp3) is 0.167. The molecule has 15 heavy (non-hydrogen) atoms. The SMILES string of the molecule is O=C(NCc1nn[nH]n1)c1c[nH]c(=O)[nH]1. The van der Waals surface area contributed by atoms with Gasteiger partial charge in [0.15, 0.2) is 5.82 Å². The first-order chi connectivity index (χ1) is 7.25. The predicted molar refractivity (Wildman–Crippen MR) is 46.8 cm³/mol. The molecule has 0 aliphatic carbocycles. The normalized spacial score (nSPS) is 10.1. The van der Waals surface area contributed by atoms with E-state index in [1.54, 1.807) is 0 Å². The van der Waals surface area contributed by atoms with Crippen LogP contribution in [0.15, 0.2) is 11.0 Å². The topological polar surface area (TPSA) is 132 Å². The molecule has 0 spiro atoms. The molecule has 0 fully saturated rings. The van der Waals surface area contributed by atoms with Gasteiger partial charge >= 0.3 is 5.69 Å². The molecule has 0 radical (unpaired) electrons. The van der Waals surface area contributed by atoms with Crippen molar-refractivity contribution in [3.8, 4) is 0 Å². The molecule has 0 aliphatic heterocycles. The quantitative estimate of drug-likeness (QED) is 0.471. The van der Waals surface area contributed by atoms with Gasteiger partial charge in [-0.05, 0) is 0 Å². The van der Waals surface area contributed by atoms with E-state index >= 15 is 0 Å². The Bertz CT molecular complexity index is 496. The van der Waals surface area contributed by atoms with Crippen LogP contribution in [0.1, 0.15) is 16.3 Å². The van der Waals surface area contributed by atoms with Crippen LogP contribution in [0.5, 0.6) is 0 Å². The Hall–Kier alpha value is -2.45. The lowest BCUT2D eigenvalue weighted by atomic mass is 10.4. The predicted octanol–water partition coefficient (Wildman–Crippen LogP) is -1.85. The Morgan fingerprint density at radius 3 is 3.00 bits per heavy atom. The number of carbonyl (C=O) groups excluding carboxylic acids is 1. The summed E-state index contributed by atoms with van der Waals surface area (Å²) in [6, 6.07) is 0. The minimum atomic E-state index is -0.431. The summed E-state index contributed by atoms with van der Waals surface area (Å²) in [5.41, 5.74) is -0.275. The van der Waals surface area contributed by atoms with Gasteiger partial charge in [0.25, 0.3) is 5.91 Å². The van der Waals surface area contributed by atoms with Crippen molar-refractivity contribution in [1.29, 1.82) is 0 Å². The zero-order chi connectivity index (χ0) is 10.7. The molecule has 9 nitrogen and oxygen atoms in total. The first-order valence-electron chi connectivity index (χ1n) is 4.04. The average Bonchev–Trinajstić information content (AvgIpc) is 2.84. The number of imidazole rings is 1. The lowest BCUT2D eigenvalue weighted by Gasteiger charge is -1.97. The molecule has 2 aromatic heterocycles. The third-order valence-corrected chi connectivity index (χ3v) is 1.64. The molecule has 2 aromatic rings. The number of nitrogens with one attached hydrogen (secondary N) is 4. The molecule has 1 amide bonds. The Labute approximate surface area is 82.3 Å². The van der Waals surface area contributed by atoms with Gasteiger partial charge in [-0.3, -0.25) is 4.79 Å². The minimum Gasteiger partial charge on any atom is -0.343 e. The molecule has 0 atom stereocenters. The molecule has 0 aromatic carbocycles. The van der Waals surface area contributed by atoms with Gasteiger partial charge in [-0.1, -0.05) is 5.21 Å². The standard InChI is InChI=1S/C6H7N7O2/c14-5(3-1-8-6(15)9-3)7-2-4-10-12-13-11-4/h1H,2H2,(H,7,14)(H2,8,9,15)(H,10,11,12,13). The van der Waals surface area contributed by atoms with Crippen molar-refractivity contribution >= 4 is 5.91 Å². The number of hydrogen-bond donors (Lipinski definition) is 4. The van der Waals surface area contributed by atoms with Gasteiger partial charge in [-0.15, -0.1) is 10.2 Å². The van der Waals surface area contributed by atoms with E-state index in [-0.39, 0.29) is 12.2 Å². The van der Waals surface area contributed by atoms with E-state index in [1.165, 1.54) is 6.20 Å². The number of carbonyl (C=O) groups is 1. The van der Waals surface area contributed by atoms with Gasteiger partial charge in [0, 0.05) is 6.20 Å². The molecule has 2 rings (SSSR count). The van der Waals surface area contributed by atoms with E-state index < -0.39 is 11.6 Å². The molecule has 2 heterocycles. The van der Waals surface area contributed by atoms with E-state index in [0.29, 0.717) is 5.82 Å². The Kier molecular flexibility index (Phi) is 2.27. The van der Waals surface area contributed by atoms with E-state index in [9.17, 15) is 9.59 Å². The molecule has 78 valence electrons. The molecule has 4 N–H and O–H groups in total. The molecule has 0 saturated carbocycles. The highest BCUT2D eigenvalue weighted by Gasteiger charge is 2.08. The Morgan fingerprint density at radius 2 is 2.40 bits per heavy atom. The molecule has 0 bridgehead atoms. The van der Waals surface area contributed by atoms with Crippen molar-refractivity contribution in [2.24, 2.45) is 0 Å². The first-order valence-corrected chi connectivity index (χ1v) is 4.04. The van der Waals surface area contributed by atoms with Crippen LogP contribution in [0.4, 0.5) is 0 Å². The van der Waals surface area contributed by atoms with Crippen LogP contribution in [0, 0.1) is 0 Å². The molecule has 9 heteroatoms. The van der Waals surface area contributed by atoms with Crippen LogP contribution in [0.2, 0.25) is 0 Å². The van der Waals surface area contributed by atoms with Gasteiger partial charge < -0.3 is 15.3 Å². The summed E-state index contributed by atoms with van der Waals surface area (Å²) in [6.07, 6.45) is 1.29. The van der Waals surface area contributed by atoms with Gasteiger partial charge in [0.1, 0.15) is 5.69 Å². The largest absolute Gasteiger partial charge is 0.343 e. The second-order valence-electron chi connectivity index (χ2n) is 2.67. The maximum atomic E-state index is 11.4. The lowest BCUT2D eigenvalue weighted by molar-refractivity contribution is 0.0945. The highest BCUT2D eigenvalue weighted by Crippen LogP contribution is 1.89. The number of tetrazole rings is 1. The molecule has 0 saturated heterocycles. The van der Waals surface area contributed by atoms with Gasteiger partial charge in [-0.25, -0.2) is 4.79 Å². The summed E-state index contributed by atoms with van der Waals surface area (Å²) < 4.78 is 0. The van der Waals surface area contributed by atoms with Crippen molar-refractivity contribution < 1.29 is 4.79 Å². The summed E-state index contributed by atoms with van der Waals surface area (Å²) >= 11 is 0. The molecule has 0 aliphatic rings. The van der Waals surface area contributed by atoms with Crippen LogP contribution < -0.4 is 11.0 Å². The van der Waals surface area contributed by atoms with Gasteiger partial charge in [0.05, 0.1) is 6.54 Å². The van der Waals surface area contributed by atoms with Crippen molar-refractivity contribution in [2.45, 2.75) is 6.54 Å². The minimum absolute atomic E-state index is 0.141. The third-order valence-electron chi connectivity index (χ3n) is 1.64. The number of H-pyrrole nitrogens is 3. The monoisotopic (exact) mass is 209 g/mol. The number of amides is 1. The first kappa shape index (κ1) is 9.12. The summed E-state index contributed by atoms with van der Waals surface area (Å²) in [5, 5.41) is 15.4. The van der Waals surface area contributed by atoms with E-state index in [1.807, 2.05) is 0 Å². The number of hydrogen-bond acceptors (Lipinski definition) is 5. The van der Waals surface area contributed by atoms with Crippen molar-refractivity contribution in [2.75, 3.05) is 0 Å². The second-order valence-corrected chi connectivity index (χ2v) is 2.67. The summed E-state index contributed by atoms with van der Waals surface area (Å²) in [7, 11) is 0. The molecular weight excluding hydrogens is 202 g/mol. The summed E-state index contributed by atoms with van der Waals surface area (Å²) in [5.74, 6) is -0.0561. The van der Waals surface area contributed by atoms with Gasteiger partial charge in [-0.2, -0.15) is 5.21 Å². The van der Waals surface area contributed by atoms with Crippen LogP contribution >= 0.6 is 0 Å². The van der Waals surface area contributed by atoms with Crippen LogP contribution in [-0.4, -0.2) is 36.5 Å². The number of aromatic nitrogens is 6. The fourth-order valence-corrected chi connectivity index (χ4v) is 0.966. The summed E-state index contributed by atoms with van der Waals surface area (Å²) in [6.45, 7) is 0.141. The highest BCUT2D eigenvalue weighted by atomic mass is 16.2. The lowest BCUT2D eigenvalue weighted by Crippen LogP contribution is -2.24. The van der Waals surface area contributed by atoms with Crippen LogP contribution in [0.3, 0.4) is 0 Å². The summed E-state index contributed by atoms with van der Waals surface area (Å²) in [4.78, 5) is 26.7. The number of aromatic amines is 3. The van der Waals surface area contributed by atoms with Crippen LogP contribution in [0.25, 0.3) is 0 Å². The van der Waals surface area contributed by atoms with Crippen LogP contribution in [-0.2, 0) is 6.54 Å². The fourth-order valence-electron chi connectivity index (χ4n) is 0.966. The Morgan fingerprint density at radius 1 is 1.53 bits per heavy atom. The zero-order valence-corrected chi connectivity index (χ0v) is 7.44. The smallest absolute Gasteiger partial charge is 0.323 e. The van der Waals surface area contributed by atoms with E-state index in [0.717, 1.165) is 0 Å². The third kappa shape index (κ3) is 2.07. The highest BCUT2D eigenvalue weighted by molar-refractivity contribution is 5.91. The molecular formula is C6H7N7O2. The maximum Gasteiger partial charge on any atom is 0.323 e.